The lowest BCUT2D eigenvalue weighted by Crippen LogP contribution is -2.57. The summed E-state index contributed by atoms with van der Waals surface area (Å²) in [6.07, 6.45) is 1.45. The molecule has 3 heterocycles. The number of rotatable bonds is 5. The zero-order valence-electron chi connectivity index (χ0n) is 14.8. The van der Waals surface area contributed by atoms with Gasteiger partial charge >= 0.3 is 0 Å². The second-order valence-electron chi connectivity index (χ2n) is 6.62. The number of benzene rings is 1. The van der Waals surface area contributed by atoms with Gasteiger partial charge in [-0.3, -0.25) is 9.48 Å². The number of furan rings is 1. The number of hydrogen-bond acceptors (Lipinski definition) is 5. The van der Waals surface area contributed by atoms with Gasteiger partial charge in [-0.15, -0.1) is 0 Å². The van der Waals surface area contributed by atoms with E-state index < -0.39 is 15.1 Å². The summed E-state index contributed by atoms with van der Waals surface area (Å²) in [5.41, 5.74) is 2.08. The zero-order chi connectivity index (χ0) is 19.0. The Hall–Kier alpha value is -2.87. The molecule has 27 heavy (non-hydrogen) atoms. The average molecular weight is 385 g/mol. The van der Waals surface area contributed by atoms with Crippen molar-refractivity contribution in [3.8, 4) is 11.3 Å². The number of hydrogen-bond donors (Lipinski definition) is 0. The van der Waals surface area contributed by atoms with Gasteiger partial charge in [0.1, 0.15) is 17.2 Å². The first-order valence-electron chi connectivity index (χ1n) is 8.57. The van der Waals surface area contributed by atoms with Crippen LogP contribution in [-0.4, -0.2) is 47.3 Å². The molecule has 4 rings (SSSR count). The zero-order valence-corrected chi connectivity index (χ0v) is 15.6. The molecule has 0 unspecified atom stereocenters. The lowest BCUT2D eigenvalue weighted by molar-refractivity contribution is 0.0647. The topological polar surface area (TPSA) is 85.4 Å². The molecular formula is C19H19N3O4S. The van der Waals surface area contributed by atoms with Crippen molar-refractivity contribution in [1.82, 2.24) is 14.7 Å². The molecule has 1 fully saturated rings. The highest BCUT2D eigenvalue weighted by molar-refractivity contribution is 7.91. The molecular weight excluding hydrogens is 366 g/mol. The predicted molar refractivity (Wildman–Crippen MR) is 99.7 cm³/mol. The van der Waals surface area contributed by atoms with Crippen LogP contribution in [0, 0.1) is 0 Å². The molecule has 0 aliphatic carbocycles. The third kappa shape index (κ3) is 3.40. The summed E-state index contributed by atoms with van der Waals surface area (Å²) in [5, 5.41) is 3.84. The van der Waals surface area contributed by atoms with Gasteiger partial charge in [0.15, 0.2) is 9.84 Å². The Morgan fingerprint density at radius 1 is 1.19 bits per heavy atom. The minimum absolute atomic E-state index is 0.142. The Bertz CT molecular complexity index is 1050. The fourth-order valence-corrected chi connectivity index (χ4v) is 4.73. The second-order valence-corrected chi connectivity index (χ2v) is 8.90. The molecule has 1 saturated heterocycles. The number of aromatic nitrogens is 2. The highest BCUT2D eigenvalue weighted by Gasteiger charge is 2.41. The molecule has 7 nitrogen and oxygen atoms in total. The van der Waals surface area contributed by atoms with E-state index in [-0.39, 0.29) is 24.7 Å². The Morgan fingerprint density at radius 2 is 1.93 bits per heavy atom. The van der Waals surface area contributed by atoms with E-state index in [4.69, 9.17) is 4.42 Å². The normalized spacial score (nSPS) is 14.9. The van der Waals surface area contributed by atoms with E-state index in [1.165, 1.54) is 15.8 Å². The number of nitrogens with zero attached hydrogens (tertiary/aromatic N) is 3. The first-order valence-corrected chi connectivity index (χ1v) is 10.3. The first kappa shape index (κ1) is 17.5. The van der Waals surface area contributed by atoms with Crippen LogP contribution in [-0.2, 0) is 22.6 Å². The van der Waals surface area contributed by atoms with Gasteiger partial charge in [0, 0.05) is 25.7 Å². The molecule has 1 aliphatic heterocycles. The molecule has 0 atom stereocenters. The molecule has 0 saturated carbocycles. The van der Waals surface area contributed by atoms with Crippen LogP contribution >= 0.6 is 0 Å². The minimum Gasteiger partial charge on any atom is -0.468 e. The van der Waals surface area contributed by atoms with Crippen molar-refractivity contribution in [3.05, 3.63) is 66.2 Å². The van der Waals surface area contributed by atoms with Crippen LogP contribution in [0.5, 0.6) is 0 Å². The molecule has 3 aromatic rings. The van der Waals surface area contributed by atoms with Gasteiger partial charge in [-0.05, 0) is 18.2 Å². The van der Waals surface area contributed by atoms with Crippen molar-refractivity contribution in [3.63, 3.8) is 0 Å². The fraction of sp³-hybridized carbons (Fsp3) is 0.263. The monoisotopic (exact) mass is 385 g/mol. The average Bonchev–Trinajstić information content (AvgIpc) is 3.23. The Labute approximate surface area is 157 Å². The van der Waals surface area contributed by atoms with Crippen molar-refractivity contribution >= 4 is 15.7 Å². The summed E-state index contributed by atoms with van der Waals surface area (Å²) in [6.45, 7) is 0.376. The van der Waals surface area contributed by atoms with Crippen molar-refractivity contribution in [1.29, 1.82) is 0 Å². The van der Waals surface area contributed by atoms with E-state index >= 15 is 0 Å². The van der Waals surface area contributed by atoms with E-state index in [0.29, 0.717) is 17.1 Å². The molecule has 0 radical (unpaired) electrons. The highest BCUT2D eigenvalue weighted by Crippen LogP contribution is 2.24. The van der Waals surface area contributed by atoms with Gasteiger partial charge in [-0.1, -0.05) is 30.3 Å². The van der Waals surface area contributed by atoms with E-state index in [1.807, 2.05) is 30.3 Å². The molecule has 140 valence electrons. The standard InChI is InChI=1S/C19H19N3O4S/c1-21-18(10-17(20-21)14-6-3-2-4-7-14)19(23)22-11-16(12-22)27(24,25)13-15-8-5-9-26-15/h2-10,16H,11-13H2,1H3. The Balaban J connectivity index is 1.44. The van der Waals surface area contributed by atoms with Gasteiger partial charge in [0.05, 0.1) is 17.2 Å². The molecule has 0 spiro atoms. The predicted octanol–water partition coefficient (Wildman–Crippen LogP) is 2.12. The van der Waals surface area contributed by atoms with Crippen molar-refractivity contribution < 1.29 is 17.6 Å². The van der Waals surface area contributed by atoms with Gasteiger partial charge < -0.3 is 9.32 Å². The van der Waals surface area contributed by atoms with Crippen LogP contribution in [0.15, 0.2) is 59.2 Å². The Morgan fingerprint density at radius 3 is 2.59 bits per heavy atom. The van der Waals surface area contributed by atoms with Crippen LogP contribution in [0.25, 0.3) is 11.3 Å². The van der Waals surface area contributed by atoms with E-state index in [1.54, 1.807) is 25.2 Å². The summed E-state index contributed by atoms with van der Waals surface area (Å²) < 4.78 is 31.5. The lowest BCUT2D eigenvalue weighted by Gasteiger charge is -2.38. The van der Waals surface area contributed by atoms with Crippen LogP contribution in [0.2, 0.25) is 0 Å². The summed E-state index contributed by atoms with van der Waals surface area (Å²) in [5.74, 6) is 0.0619. The lowest BCUT2D eigenvalue weighted by atomic mass is 10.1. The SMILES string of the molecule is Cn1nc(-c2ccccc2)cc1C(=O)N1CC(S(=O)(=O)Cc2ccco2)C1. The van der Waals surface area contributed by atoms with E-state index in [0.717, 1.165) is 5.56 Å². The number of sulfone groups is 1. The third-order valence-corrected chi connectivity index (χ3v) is 6.74. The van der Waals surface area contributed by atoms with Crippen LogP contribution in [0.3, 0.4) is 0 Å². The number of aryl methyl sites for hydroxylation is 1. The summed E-state index contributed by atoms with van der Waals surface area (Å²) >= 11 is 0. The number of carbonyl (C=O) groups is 1. The third-order valence-electron chi connectivity index (χ3n) is 4.74. The molecule has 1 aliphatic rings. The fourth-order valence-electron chi connectivity index (χ4n) is 3.12. The number of likely N-dealkylation sites (tertiary alicyclic amines) is 1. The van der Waals surface area contributed by atoms with E-state index in [9.17, 15) is 13.2 Å². The maximum Gasteiger partial charge on any atom is 0.272 e. The molecule has 1 amide bonds. The Kier molecular flexibility index (Phi) is 4.35. The van der Waals surface area contributed by atoms with E-state index in [2.05, 4.69) is 5.10 Å². The largest absolute Gasteiger partial charge is 0.468 e. The number of amides is 1. The van der Waals surface area contributed by atoms with Gasteiger partial charge in [-0.25, -0.2) is 8.42 Å². The highest BCUT2D eigenvalue weighted by atomic mass is 32.2. The quantitative estimate of drug-likeness (QED) is 0.672. The molecule has 2 aromatic heterocycles. The van der Waals surface area contributed by atoms with Gasteiger partial charge in [0.2, 0.25) is 0 Å². The number of carbonyl (C=O) groups excluding carboxylic acids is 1. The van der Waals surface area contributed by atoms with Crippen LogP contribution in [0.4, 0.5) is 0 Å². The first-order chi connectivity index (χ1) is 12.9. The van der Waals surface area contributed by atoms with Crippen LogP contribution < -0.4 is 0 Å². The van der Waals surface area contributed by atoms with Crippen molar-refractivity contribution in [2.45, 2.75) is 11.0 Å². The van der Waals surface area contributed by atoms with Crippen molar-refractivity contribution in [2.24, 2.45) is 7.05 Å². The summed E-state index contributed by atoms with van der Waals surface area (Å²) in [6, 6.07) is 14.6. The summed E-state index contributed by atoms with van der Waals surface area (Å²) in [7, 11) is -1.64. The molecule has 0 bridgehead atoms. The summed E-state index contributed by atoms with van der Waals surface area (Å²) in [4.78, 5) is 14.3. The van der Waals surface area contributed by atoms with Crippen molar-refractivity contribution in [2.75, 3.05) is 13.1 Å². The molecule has 8 heteroatoms. The smallest absolute Gasteiger partial charge is 0.272 e. The maximum absolute atomic E-state index is 12.7. The maximum atomic E-state index is 12.7. The van der Waals surface area contributed by atoms with Crippen LogP contribution in [0.1, 0.15) is 16.2 Å². The second kappa shape index (κ2) is 6.70. The van der Waals surface area contributed by atoms with Gasteiger partial charge in [0.25, 0.3) is 5.91 Å². The van der Waals surface area contributed by atoms with Gasteiger partial charge in [-0.2, -0.15) is 5.10 Å². The molecule has 1 aromatic carbocycles. The minimum atomic E-state index is -3.35. The molecule has 0 N–H and O–H groups in total.